The van der Waals surface area contributed by atoms with E-state index < -0.39 is 74.1 Å². The maximum absolute atomic E-state index is 12.7. The number of para-hydroxylation sites is 1. The second kappa shape index (κ2) is 14.9. The van der Waals surface area contributed by atoms with Crippen LogP contribution < -0.4 is 16.3 Å². The lowest BCUT2D eigenvalue weighted by atomic mass is 10.2. The molecule has 2 amide bonds. The Morgan fingerprint density at radius 1 is 1.20 bits per heavy atom. The lowest BCUT2D eigenvalue weighted by molar-refractivity contribution is -0.385. The molecule has 2 unspecified atom stereocenters. The fraction of sp³-hybridized carbons (Fsp3) is 0.300. The first-order valence-corrected chi connectivity index (χ1v) is 14.4. The number of primary amides is 1. The summed E-state index contributed by atoms with van der Waals surface area (Å²) in [5.74, 6) is -2.00. The molecule has 2 aromatic carbocycles. The smallest absolute Gasteiger partial charge is 0.360 e. The maximum atomic E-state index is 12.7. The SMILES string of the molecule is CC.CC(N)OP(=O)(O)C(N)=O.CS(=O)(=O)N(Oc1ccc(C(F)(F)F)cc1Cl)C(=O)c1ccccc1[N+](=O)[O-]. The summed E-state index contributed by atoms with van der Waals surface area (Å²) in [6.07, 6.45) is -5.13. The Balaban J connectivity index is 0.00000107. The van der Waals surface area contributed by atoms with E-state index in [0.717, 1.165) is 18.2 Å². The number of nitrogens with two attached hydrogens (primary N) is 2. The molecule has 0 aliphatic carbocycles. The molecule has 0 radical (unpaired) electrons. The van der Waals surface area contributed by atoms with Gasteiger partial charge in [-0.25, -0.2) is 13.0 Å². The lowest BCUT2D eigenvalue weighted by Gasteiger charge is -2.21. The highest BCUT2D eigenvalue weighted by molar-refractivity contribution is 7.88. The third-order valence-electron chi connectivity index (χ3n) is 3.83. The third kappa shape index (κ3) is 11.1. The normalized spacial score (nSPS) is 13.2. The van der Waals surface area contributed by atoms with Gasteiger partial charge in [-0.05, 0) is 31.2 Å². The minimum Gasteiger partial charge on any atom is -0.360 e. The highest BCUT2D eigenvalue weighted by Gasteiger charge is 2.34. The zero-order valence-electron chi connectivity index (χ0n) is 21.2. The highest BCUT2D eigenvalue weighted by Crippen LogP contribution is 2.42. The number of hydroxylamine groups is 1. The second-order valence-electron chi connectivity index (χ2n) is 6.97. The van der Waals surface area contributed by atoms with Crippen LogP contribution >= 0.6 is 19.2 Å². The van der Waals surface area contributed by atoms with Gasteiger partial charge in [0.2, 0.25) is 0 Å². The molecular weight excluding hydrogens is 612 g/mol. The number of amides is 2. The Labute approximate surface area is 231 Å². The lowest BCUT2D eigenvalue weighted by Crippen LogP contribution is -2.39. The fourth-order valence-corrected chi connectivity index (χ4v) is 3.67. The quantitative estimate of drug-likeness (QED) is 0.161. The Morgan fingerprint density at radius 2 is 1.73 bits per heavy atom. The molecule has 0 saturated carbocycles. The molecule has 2 atom stereocenters. The number of sulfonamides is 1. The van der Waals surface area contributed by atoms with Crippen molar-refractivity contribution in [2.45, 2.75) is 33.2 Å². The van der Waals surface area contributed by atoms with Gasteiger partial charge in [0.25, 0.3) is 15.7 Å². The van der Waals surface area contributed by atoms with Crippen LogP contribution in [-0.2, 0) is 25.3 Å². The van der Waals surface area contributed by atoms with Crippen molar-refractivity contribution < 1.29 is 54.9 Å². The first-order valence-electron chi connectivity index (χ1n) is 10.6. The number of hydrogen-bond donors (Lipinski definition) is 3. The molecular formula is C20H25ClF3N4O10PS. The maximum Gasteiger partial charge on any atom is 0.416 e. The van der Waals surface area contributed by atoms with Crippen molar-refractivity contribution in [3.8, 4) is 5.75 Å². The summed E-state index contributed by atoms with van der Waals surface area (Å²) in [5.41, 5.74) is 5.62. The summed E-state index contributed by atoms with van der Waals surface area (Å²) in [7, 11) is -8.76. The minimum atomic E-state index is -4.71. The van der Waals surface area contributed by atoms with E-state index in [9.17, 15) is 45.9 Å². The van der Waals surface area contributed by atoms with Gasteiger partial charge in [-0.3, -0.25) is 24.2 Å². The first kappa shape index (κ1) is 36.7. The van der Waals surface area contributed by atoms with Gasteiger partial charge in [-0.1, -0.05) is 42.0 Å². The topological polar surface area (TPSA) is 222 Å². The van der Waals surface area contributed by atoms with Crippen molar-refractivity contribution >= 4 is 46.5 Å². The molecule has 0 spiro atoms. The van der Waals surface area contributed by atoms with Gasteiger partial charge in [0, 0.05) is 6.07 Å². The zero-order chi connectivity index (χ0) is 31.6. The summed E-state index contributed by atoms with van der Waals surface area (Å²) in [6, 6.07) is 6.24. The van der Waals surface area contributed by atoms with E-state index in [1.807, 2.05) is 13.8 Å². The number of carbonyl (C=O) groups excluding carboxylic acids is 2. The van der Waals surface area contributed by atoms with E-state index in [2.05, 4.69) is 10.3 Å². The molecule has 2 rings (SSSR count). The Hall–Kier alpha value is -3.28. The standard InChI is InChI=1S/C15H10ClF3N2O6S.C3H9N2O4P.C2H6/c1-28(25,26)21(14(22)10-4-2-3-5-12(10)20(23)24)27-13-7-6-9(8-11(13)16)15(17,18)19;1-2(4)9-10(7,8)3(5)6;1-2/h2-8H,1H3;2H,4H2,1H3,(H2,5,6)(H,7,8);1-2H3. The van der Waals surface area contributed by atoms with Crippen molar-refractivity contribution in [1.82, 2.24) is 4.47 Å². The summed E-state index contributed by atoms with van der Waals surface area (Å²) >= 11 is 5.70. The van der Waals surface area contributed by atoms with E-state index in [-0.39, 0.29) is 4.47 Å². The molecule has 0 aliphatic rings. The number of halogens is 4. The minimum absolute atomic E-state index is 0.191. The molecule has 0 saturated heterocycles. The Bertz CT molecular complexity index is 1380. The molecule has 14 nitrogen and oxygen atoms in total. The van der Waals surface area contributed by atoms with Gasteiger partial charge in [0.1, 0.15) is 11.8 Å². The second-order valence-corrected chi connectivity index (χ2v) is 10.9. The molecule has 20 heteroatoms. The van der Waals surface area contributed by atoms with Crippen molar-refractivity contribution in [3.05, 3.63) is 68.7 Å². The van der Waals surface area contributed by atoms with E-state index >= 15 is 0 Å². The average Bonchev–Trinajstić information content (AvgIpc) is 2.82. The van der Waals surface area contributed by atoms with E-state index in [1.165, 1.54) is 19.1 Å². The van der Waals surface area contributed by atoms with Crippen LogP contribution in [0.1, 0.15) is 36.7 Å². The number of nitro groups is 1. The summed E-state index contributed by atoms with van der Waals surface area (Å²) in [6.45, 7) is 5.31. The predicted octanol–water partition coefficient (Wildman–Crippen LogP) is 4.26. The van der Waals surface area contributed by atoms with Crippen molar-refractivity contribution in [3.63, 3.8) is 0 Å². The van der Waals surface area contributed by atoms with Gasteiger partial charge < -0.3 is 21.2 Å². The Kier molecular flexibility index (Phi) is 13.7. The zero-order valence-corrected chi connectivity index (χ0v) is 23.6. The van der Waals surface area contributed by atoms with E-state index in [1.54, 1.807) is 0 Å². The van der Waals surface area contributed by atoms with Crippen LogP contribution in [0.25, 0.3) is 0 Å². The number of nitro benzene ring substituents is 1. The van der Waals surface area contributed by atoms with Crippen molar-refractivity contribution in [2.24, 2.45) is 11.5 Å². The van der Waals surface area contributed by atoms with Crippen LogP contribution in [0.3, 0.4) is 0 Å². The molecule has 0 aromatic heterocycles. The third-order valence-corrected chi connectivity index (χ3v) is 6.14. The van der Waals surface area contributed by atoms with Gasteiger partial charge in [0.05, 0.1) is 21.8 Å². The predicted molar refractivity (Wildman–Crippen MR) is 137 cm³/mol. The number of hydrogen-bond acceptors (Lipinski definition) is 10. The number of carbonyl (C=O) groups is 2. The van der Waals surface area contributed by atoms with Crippen LogP contribution in [0.4, 0.5) is 23.7 Å². The highest BCUT2D eigenvalue weighted by atomic mass is 35.5. The molecule has 0 fully saturated rings. The molecule has 2 aromatic rings. The fourth-order valence-electron chi connectivity index (χ4n) is 2.29. The Morgan fingerprint density at radius 3 is 2.10 bits per heavy atom. The van der Waals surface area contributed by atoms with Gasteiger partial charge in [-0.15, -0.1) is 0 Å². The summed E-state index contributed by atoms with van der Waals surface area (Å²) < 4.78 is 76.4. The van der Waals surface area contributed by atoms with Crippen molar-refractivity contribution in [2.75, 3.05) is 6.26 Å². The van der Waals surface area contributed by atoms with Crippen LogP contribution in [-0.4, -0.2) is 46.7 Å². The van der Waals surface area contributed by atoms with Gasteiger partial charge in [0.15, 0.2) is 5.75 Å². The van der Waals surface area contributed by atoms with Crippen LogP contribution in [0.2, 0.25) is 5.02 Å². The molecule has 40 heavy (non-hydrogen) atoms. The first-order chi connectivity index (χ1) is 18.2. The van der Waals surface area contributed by atoms with Gasteiger partial charge >= 0.3 is 25.3 Å². The summed E-state index contributed by atoms with van der Waals surface area (Å²) in [5, 5.41) is 10.4. The summed E-state index contributed by atoms with van der Waals surface area (Å²) in [4.78, 5) is 46.2. The molecule has 0 aliphatic heterocycles. The molecule has 5 N–H and O–H groups in total. The average molecular weight is 637 g/mol. The largest absolute Gasteiger partial charge is 0.416 e. The molecule has 0 heterocycles. The van der Waals surface area contributed by atoms with Crippen LogP contribution in [0, 0.1) is 10.1 Å². The molecule has 0 bridgehead atoms. The van der Waals surface area contributed by atoms with Crippen LogP contribution in [0.5, 0.6) is 5.75 Å². The van der Waals surface area contributed by atoms with E-state index in [0.29, 0.717) is 18.4 Å². The van der Waals surface area contributed by atoms with E-state index in [4.69, 9.17) is 27.1 Å². The van der Waals surface area contributed by atoms with Crippen molar-refractivity contribution in [1.29, 1.82) is 0 Å². The molecule has 224 valence electrons. The number of benzene rings is 2. The number of rotatable bonds is 8. The number of nitrogens with zero attached hydrogens (tertiary/aromatic N) is 2. The number of alkyl halides is 3. The monoisotopic (exact) mass is 636 g/mol. The van der Waals surface area contributed by atoms with Crippen LogP contribution in [0.15, 0.2) is 42.5 Å². The van der Waals surface area contributed by atoms with Gasteiger partial charge in [-0.2, -0.15) is 13.2 Å².